The van der Waals surface area contributed by atoms with Gasteiger partial charge in [-0.15, -0.1) is 0 Å². The molecule has 0 spiro atoms. The molecule has 4 nitrogen and oxygen atoms in total. The van der Waals surface area contributed by atoms with Gasteiger partial charge in [0.15, 0.2) is 0 Å². The third-order valence-electron chi connectivity index (χ3n) is 4.77. The summed E-state index contributed by atoms with van der Waals surface area (Å²) >= 11 is 0. The SMILES string of the molecule is Cc1cc(S(=O)(=O)c2ccc(CCNCc3ccccc3)cc2)cc(C)c1O. The minimum Gasteiger partial charge on any atom is -0.507 e. The van der Waals surface area contributed by atoms with Crippen LogP contribution in [0.1, 0.15) is 22.3 Å². The van der Waals surface area contributed by atoms with Crippen LogP contribution in [0.5, 0.6) is 5.75 Å². The molecule has 0 radical (unpaired) electrons. The Labute approximate surface area is 166 Å². The maximum atomic E-state index is 12.9. The van der Waals surface area contributed by atoms with E-state index in [0.717, 1.165) is 25.1 Å². The van der Waals surface area contributed by atoms with Crippen LogP contribution in [-0.4, -0.2) is 20.1 Å². The quantitative estimate of drug-likeness (QED) is 0.589. The molecule has 3 aromatic rings. The molecule has 0 atom stereocenters. The second-order valence-corrected chi connectivity index (χ2v) is 8.92. The molecule has 0 fully saturated rings. The predicted octanol–water partition coefficient (Wildman–Crippen LogP) is 4.17. The highest BCUT2D eigenvalue weighted by Crippen LogP contribution is 2.29. The number of nitrogens with one attached hydrogen (secondary N) is 1. The van der Waals surface area contributed by atoms with E-state index in [4.69, 9.17) is 0 Å². The first-order valence-corrected chi connectivity index (χ1v) is 10.7. The number of phenols is 1. The minimum absolute atomic E-state index is 0.136. The molecule has 0 bridgehead atoms. The second-order valence-electron chi connectivity index (χ2n) is 6.97. The Morgan fingerprint density at radius 2 is 1.43 bits per heavy atom. The third kappa shape index (κ3) is 4.61. The molecule has 3 aromatic carbocycles. The summed E-state index contributed by atoms with van der Waals surface area (Å²) in [6, 6.07) is 20.3. The molecule has 0 heterocycles. The van der Waals surface area contributed by atoms with Gasteiger partial charge < -0.3 is 10.4 Å². The van der Waals surface area contributed by atoms with E-state index < -0.39 is 9.84 Å². The normalized spacial score (nSPS) is 11.5. The summed E-state index contributed by atoms with van der Waals surface area (Å²) in [5.74, 6) is 0.136. The third-order valence-corrected chi connectivity index (χ3v) is 6.52. The Morgan fingerprint density at radius 3 is 2.04 bits per heavy atom. The Balaban J connectivity index is 1.65. The molecule has 0 unspecified atom stereocenters. The molecule has 0 aliphatic heterocycles. The van der Waals surface area contributed by atoms with Gasteiger partial charge in [-0.3, -0.25) is 0 Å². The first-order chi connectivity index (χ1) is 13.4. The topological polar surface area (TPSA) is 66.4 Å². The van der Waals surface area contributed by atoms with E-state index >= 15 is 0 Å². The van der Waals surface area contributed by atoms with Crippen molar-refractivity contribution in [2.45, 2.75) is 36.6 Å². The number of hydrogen-bond acceptors (Lipinski definition) is 4. The van der Waals surface area contributed by atoms with Crippen molar-refractivity contribution in [1.29, 1.82) is 0 Å². The van der Waals surface area contributed by atoms with Crippen LogP contribution in [0.4, 0.5) is 0 Å². The van der Waals surface area contributed by atoms with Gasteiger partial charge in [0.25, 0.3) is 0 Å². The van der Waals surface area contributed by atoms with Gasteiger partial charge in [-0.05, 0) is 73.3 Å². The maximum absolute atomic E-state index is 12.9. The van der Waals surface area contributed by atoms with E-state index in [0.29, 0.717) is 11.1 Å². The van der Waals surface area contributed by atoms with E-state index in [1.165, 1.54) is 17.7 Å². The molecule has 146 valence electrons. The average molecular weight is 396 g/mol. The Kier molecular flexibility index (Phi) is 6.17. The number of rotatable bonds is 7. The number of hydrogen-bond donors (Lipinski definition) is 2. The van der Waals surface area contributed by atoms with Crippen LogP contribution >= 0.6 is 0 Å². The van der Waals surface area contributed by atoms with Crippen LogP contribution in [0, 0.1) is 13.8 Å². The van der Waals surface area contributed by atoms with Gasteiger partial charge in [0, 0.05) is 6.54 Å². The Hall–Kier alpha value is -2.63. The molecular formula is C23H25NO3S. The molecule has 0 saturated carbocycles. The largest absolute Gasteiger partial charge is 0.507 e. The van der Waals surface area contributed by atoms with E-state index in [2.05, 4.69) is 17.4 Å². The molecule has 0 amide bonds. The molecule has 5 heteroatoms. The molecule has 0 aliphatic carbocycles. The molecule has 0 aliphatic rings. The summed E-state index contributed by atoms with van der Waals surface area (Å²) in [6.45, 7) is 5.03. The highest BCUT2D eigenvalue weighted by molar-refractivity contribution is 7.91. The van der Waals surface area contributed by atoms with Crippen LogP contribution in [-0.2, 0) is 22.8 Å². The maximum Gasteiger partial charge on any atom is 0.206 e. The number of sulfone groups is 1. The van der Waals surface area contributed by atoms with Crippen molar-refractivity contribution >= 4 is 9.84 Å². The van der Waals surface area contributed by atoms with Crippen LogP contribution in [0.15, 0.2) is 76.5 Å². The molecule has 2 N–H and O–H groups in total. The van der Waals surface area contributed by atoms with Crippen molar-refractivity contribution in [3.05, 3.63) is 89.0 Å². The Bertz CT molecular complexity index is 1020. The van der Waals surface area contributed by atoms with Gasteiger partial charge in [-0.1, -0.05) is 42.5 Å². The minimum atomic E-state index is -3.61. The first-order valence-electron chi connectivity index (χ1n) is 9.27. The predicted molar refractivity (Wildman–Crippen MR) is 111 cm³/mol. The number of phenolic OH excluding ortho intramolecular Hbond substituents is 1. The van der Waals surface area contributed by atoms with E-state index in [-0.39, 0.29) is 15.5 Å². The smallest absolute Gasteiger partial charge is 0.206 e. The lowest BCUT2D eigenvalue weighted by atomic mass is 10.1. The van der Waals surface area contributed by atoms with Crippen molar-refractivity contribution in [2.24, 2.45) is 0 Å². The van der Waals surface area contributed by atoms with Crippen LogP contribution in [0.2, 0.25) is 0 Å². The molecule has 28 heavy (non-hydrogen) atoms. The van der Waals surface area contributed by atoms with Gasteiger partial charge in [-0.25, -0.2) is 8.42 Å². The zero-order valence-electron chi connectivity index (χ0n) is 16.1. The summed E-state index contributed by atoms with van der Waals surface area (Å²) in [7, 11) is -3.61. The fourth-order valence-electron chi connectivity index (χ4n) is 3.10. The highest BCUT2D eigenvalue weighted by atomic mass is 32.2. The lowest BCUT2D eigenvalue weighted by Gasteiger charge is -2.10. The van der Waals surface area contributed by atoms with Gasteiger partial charge in [0.05, 0.1) is 9.79 Å². The molecular weight excluding hydrogens is 370 g/mol. The lowest BCUT2D eigenvalue weighted by molar-refractivity contribution is 0.466. The van der Waals surface area contributed by atoms with Crippen molar-refractivity contribution in [3.8, 4) is 5.75 Å². The summed E-state index contributed by atoms with van der Waals surface area (Å²) in [4.78, 5) is 0.468. The summed E-state index contributed by atoms with van der Waals surface area (Å²) in [5, 5.41) is 13.3. The monoisotopic (exact) mass is 395 g/mol. The lowest BCUT2D eigenvalue weighted by Crippen LogP contribution is -2.16. The number of benzene rings is 3. The van der Waals surface area contributed by atoms with Crippen LogP contribution < -0.4 is 5.32 Å². The molecule has 0 saturated heterocycles. The fourth-order valence-corrected chi connectivity index (χ4v) is 4.53. The van der Waals surface area contributed by atoms with Crippen LogP contribution in [0.3, 0.4) is 0 Å². The standard InChI is InChI=1S/C23H25NO3S/c1-17-14-22(15-18(2)23(17)25)28(26,27)21-10-8-19(9-11-21)12-13-24-16-20-6-4-3-5-7-20/h3-11,14-15,24-25H,12-13,16H2,1-2H3. The zero-order valence-corrected chi connectivity index (χ0v) is 17.0. The highest BCUT2D eigenvalue weighted by Gasteiger charge is 2.19. The molecule has 0 aromatic heterocycles. The Morgan fingerprint density at radius 1 is 0.821 bits per heavy atom. The number of aromatic hydroxyl groups is 1. The van der Waals surface area contributed by atoms with E-state index in [1.807, 2.05) is 30.3 Å². The van der Waals surface area contributed by atoms with Crippen molar-refractivity contribution in [2.75, 3.05) is 6.54 Å². The van der Waals surface area contributed by atoms with Crippen LogP contribution in [0.25, 0.3) is 0 Å². The van der Waals surface area contributed by atoms with Gasteiger partial charge in [0.1, 0.15) is 5.75 Å². The summed E-state index contributed by atoms with van der Waals surface area (Å²) in [6.07, 6.45) is 0.824. The van der Waals surface area contributed by atoms with Crippen molar-refractivity contribution in [1.82, 2.24) is 5.32 Å². The summed E-state index contributed by atoms with van der Waals surface area (Å²) < 4.78 is 25.8. The van der Waals surface area contributed by atoms with Gasteiger partial charge >= 0.3 is 0 Å². The number of aryl methyl sites for hydroxylation is 2. The van der Waals surface area contributed by atoms with E-state index in [1.54, 1.807) is 26.0 Å². The molecule has 3 rings (SSSR count). The first kappa shape index (κ1) is 20.1. The summed E-state index contributed by atoms with van der Waals surface area (Å²) in [5.41, 5.74) is 3.43. The van der Waals surface area contributed by atoms with Gasteiger partial charge in [-0.2, -0.15) is 0 Å². The second kappa shape index (κ2) is 8.59. The van der Waals surface area contributed by atoms with E-state index in [9.17, 15) is 13.5 Å². The van der Waals surface area contributed by atoms with Crippen molar-refractivity contribution in [3.63, 3.8) is 0 Å². The van der Waals surface area contributed by atoms with Crippen molar-refractivity contribution < 1.29 is 13.5 Å². The zero-order chi connectivity index (χ0) is 20.1. The van der Waals surface area contributed by atoms with Gasteiger partial charge in [0.2, 0.25) is 9.84 Å². The fraction of sp³-hybridized carbons (Fsp3) is 0.217. The average Bonchev–Trinajstić information content (AvgIpc) is 2.70.